The van der Waals surface area contributed by atoms with E-state index >= 15 is 0 Å². The molecule has 0 spiro atoms. The number of hydrogen-bond donors (Lipinski definition) is 2. The maximum absolute atomic E-state index is 13.7. The summed E-state index contributed by atoms with van der Waals surface area (Å²) in [5.41, 5.74) is 7.41. The zero-order valence-electron chi connectivity index (χ0n) is 9.48. The van der Waals surface area contributed by atoms with E-state index in [1.165, 1.54) is 6.07 Å². The van der Waals surface area contributed by atoms with Gasteiger partial charge in [-0.05, 0) is 18.2 Å². The van der Waals surface area contributed by atoms with Crippen molar-refractivity contribution in [3.05, 3.63) is 53.7 Å². The van der Waals surface area contributed by atoms with Crippen LogP contribution in [-0.2, 0) is 0 Å². The van der Waals surface area contributed by atoms with Gasteiger partial charge in [-0.3, -0.25) is 0 Å². The molecule has 0 aliphatic carbocycles. The highest BCUT2D eigenvalue weighted by molar-refractivity contribution is 7.17. The van der Waals surface area contributed by atoms with E-state index in [1.54, 1.807) is 23.5 Å². The second-order valence-corrected chi connectivity index (χ2v) is 4.89. The Bertz CT molecular complexity index is 686. The van der Waals surface area contributed by atoms with Crippen molar-refractivity contribution in [1.82, 2.24) is 0 Å². The molecule has 0 aliphatic heterocycles. The van der Waals surface area contributed by atoms with Crippen LogP contribution in [0.25, 0.3) is 10.1 Å². The fourth-order valence-electron chi connectivity index (χ4n) is 1.88. The molecule has 1 aromatic heterocycles. The van der Waals surface area contributed by atoms with Crippen LogP contribution in [-0.4, -0.2) is 0 Å². The van der Waals surface area contributed by atoms with Crippen LogP contribution in [0.5, 0.6) is 0 Å². The molecular formula is C14H11FN2S. The van der Waals surface area contributed by atoms with Gasteiger partial charge < -0.3 is 11.1 Å². The van der Waals surface area contributed by atoms with Crippen molar-refractivity contribution in [1.29, 1.82) is 0 Å². The van der Waals surface area contributed by atoms with Crippen LogP contribution in [0.3, 0.4) is 0 Å². The smallest absolute Gasteiger partial charge is 0.148 e. The quantitative estimate of drug-likeness (QED) is 0.670. The van der Waals surface area contributed by atoms with Gasteiger partial charge in [0.2, 0.25) is 0 Å². The molecule has 3 N–H and O–H groups in total. The molecule has 90 valence electrons. The average molecular weight is 258 g/mol. The van der Waals surface area contributed by atoms with Gasteiger partial charge in [-0.2, -0.15) is 0 Å². The Kier molecular flexibility index (Phi) is 2.64. The van der Waals surface area contributed by atoms with Gasteiger partial charge in [-0.1, -0.05) is 24.3 Å². The molecule has 0 unspecified atom stereocenters. The fourth-order valence-corrected chi connectivity index (χ4v) is 2.77. The normalized spacial score (nSPS) is 10.7. The number of nitrogens with one attached hydrogen (secondary N) is 1. The minimum absolute atomic E-state index is 0.334. The second kappa shape index (κ2) is 4.31. The first-order valence-corrected chi connectivity index (χ1v) is 6.41. The molecule has 0 radical (unpaired) electrons. The lowest BCUT2D eigenvalue weighted by Crippen LogP contribution is -1.98. The van der Waals surface area contributed by atoms with Gasteiger partial charge in [0, 0.05) is 15.5 Å². The number of rotatable bonds is 2. The van der Waals surface area contributed by atoms with Crippen molar-refractivity contribution >= 4 is 38.5 Å². The minimum Gasteiger partial charge on any atom is -0.397 e. The number of halogens is 1. The third-order valence-electron chi connectivity index (χ3n) is 2.79. The largest absolute Gasteiger partial charge is 0.397 e. The van der Waals surface area contributed by atoms with Crippen LogP contribution in [0.15, 0.2) is 47.8 Å². The van der Waals surface area contributed by atoms with Gasteiger partial charge in [0.25, 0.3) is 0 Å². The first kappa shape index (κ1) is 11.0. The first-order valence-electron chi connectivity index (χ1n) is 5.53. The maximum atomic E-state index is 13.7. The lowest BCUT2D eigenvalue weighted by atomic mass is 10.2. The number of para-hydroxylation sites is 1. The highest BCUT2D eigenvalue weighted by Gasteiger charge is 2.09. The Hall–Kier alpha value is -2.07. The van der Waals surface area contributed by atoms with Gasteiger partial charge in [0.05, 0.1) is 17.1 Å². The molecule has 1 heterocycles. The summed E-state index contributed by atoms with van der Waals surface area (Å²) < 4.78 is 14.9. The number of thiophene rings is 1. The zero-order valence-corrected chi connectivity index (χ0v) is 10.3. The Morgan fingerprint density at radius 2 is 1.89 bits per heavy atom. The summed E-state index contributed by atoms with van der Waals surface area (Å²) in [5, 5.41) is 6.12. The SMILES string of the molecule is Nc1cccc(F)c1Nc1csc2ccccc12. The van der Waals surface area contributed by atoms with Gasteiger partial charge in [0.1, 0.15) is 5.82 Å². The summed E-state index contributed by atoms with van der Waals surface area (Å²) in [6.07, 6.45) is 0. The van der Waals surface area contributed by atoms with E-state index in [-0.39, 0.29) is 5.82 Å². The number of fused-ring (bicyclic) bond motifs is 1. The number of benzene rings is 2. The van der Waals surface area contributed by atoms with Crippen LogP contribution < -0.4 is 11.1 Å². The van der Waals surface area contributed by atoms with E-state index in [1.807, 2.05) is 29.6 Å². The van der Waals surface area contributed by atoms with Gasteiger partial charge in [0.15, 0.2) is 0 Å². The Morgan fingerprint density at radius 3 is 2.72 bits per heavy atom. The van der Waals surface area contributed by atoms with Crippen molar-refractivity contribution < 1.29 is 4.39 Å². The molecule has 2 aromatic carbocycles. The molecule has 3 rings (SSSR count). The zero-order chi connectivity index (χ0) is 12.5. The van der Waals surface area contributed by atoms with E-state index in [4.69, 9.17) is 5.73 Å². The molecule has 2 nitrogen and oxygen atoms in total. The summed E-state index contributed by atoms with van der Waals surface area (Å²) in [6, 6.07) is 12.7. The third-order valence-corrected chi connectivity index (χ3v) is 3.75. The summed E-state index contributed by atoms with van der Waals surface area (Å²) in [6.45, 7) is 0. The van der Waals surface area contributed by atoms with E-state index in [2.05, 4.69) is 5.32 Å². The van der Waals surface area contributed by atoms with Crippen molar-refractivity contribution in [3.8, 4) is 0 Å². The third kappa shape index (κ3) is 1.80. The van der Waals surface area contributed by atoms with Gasteiger partial charge >= 0.3 is 0 Å². The summed E-state index contributed by atoms with van der Waals surface area (Å²) in [5.74, 6) is -0.342. The topological polar surface area (TPSA) is 38.0 Å². The summed E-state index contributed by atoms with van der Waals surface area (Å²) in [7, 11) is 0. The van der Waals surface area contributed by atoms with E-state index in [0.29, 0.717) is 11.4 Å². The molecule has 0 amide bonds. The van der Waals surface area contributed by atoms with Crippen molar-refractivity contribution in [2.45, 2.75) is 0 Å². The summed E-state index contributed by atoms with van der Waals surface area (Å²) in [4.78, 5) is 0. The van der Waals surface area contributed by atoms with Crippen molar-refractivity contribution in [2.24, 2.45) is 0 Å². The van der Waals surface area contributed by atoms with Crippen LogP contribution in [0.4, 0.5) is 21.5 Å². The minimum atomic E-state index is -0.342. The highest BCUT2D eigenvalue weighted by atomic mass is 32.1. The molecule has 18 heavy (non-hydrogen) atoms. The van der Waals surface area contributed by atoms with Crippen LogP contribution in [0, 0.1) is 5.82 Å². The molecule has 3 aromatic rings. The average Bonchev–Trinajstić information content (AvgIpc) is 2.77. The molecule has 0 saturated carbocycles. The van der Waals surface area contributed by atoms with E-state index < -0.39 is 0 Å². The Balaban J connectivity index is 2.07. The number of nitrogens with two attached hydrogens (primary N) is 1. The van der Waals surface area contributed by atoms with Gasteiger partial charge in [-0.25, -0.2) is 4.39 Å². The second-order valence-electron chi connectivity index (χ2n) is 3.97. The molecule has 0 aliphatic rings. The lowest BCUT2D eigenvalue weighted by molar-refractivity contribution is 0.632. The monoisotopic (exact) mass is 258 g/mol. The van der Waals surface area contributed by atoms with E-state index in [0.717, 1.165) is 15.8 Å². The highest BCUT2D eigenvalue weighted by Crippen LogP contribution is 2.34. The Morgan fingerprint density at radius 1 is 1.06 bits per heavy atom. The van der Waals surface area contributed by atoms with Crippen LogP contribution >= 0.6 is 11.3 Å². The molecule has 0 fully saturated rings. The first-order chi connectivity index (χ1) is 8.75. The lowest BCUT2D eigenvalue weighted by Gasteiger charge is -2.09. The summed E-state index contributed by atoms with van der Waals surface area (Å²) >= 11 is 1.62. The molecule has 0 bridgehead atoms. The van der Waals surface area contributed by atoms with Gasteiger partial charge in [-0.15, -0.1) is 11.3 Å². The van der Waals surface area contributed by atoms with Crippen LogP contribution in [0.2, 0.25) is 0 Å². The predicted molar refractivity (Wildman–Crippen MR) is 75.9 cm³/mol. The number of nitrogen functional groups attached to an aromatic ring is 1. The Labute approximate surface area is 108 Å². The van der Waals surface area contributed by atoms with Crippen LogP contribution in [0.1, 0.15) is 0 Å². The standard InChI is InChI=1S/C14H11FN2S/c15-10-5-3-6-11(16)14(10)17-12-8-18-13-7-2-1-4-9(12)13/h1-8,17H,16H2. The molecule has 0 saturated heterocycles. The predicted octanol–water partition coefficient (Wildman–Crippen LogP) is 4.37. The van der Waals surface area contributed by atoms with E-state index in [9.17, 15) is 4.39 Å². The number of hydrogen-bond acceptors (Lipinski definition) is 3. The molecule has 0 atom stereocenters. The molecule has 4 heteroatoms. The fraction of sp³-hybridized carbons (Fsp3) is 0. The van der Waals surface area contributed by atoms with Crippen molar-refractivity contribution in [3.63, 3.8) is 0 Å². The van der Waals surface area contributed by atoms with Crippen molar-refractivity contribution in [2.75, 3.05) is 11.1 Å². The molecular weight excluding hydrogens is 247 g/mol. The maximum Gasteiger partial charge on any atom is 0.148 e. The number of anilines is 3.